The molecule has 3 N–H and O–H groups in total. The fraction of sp³-hybridized carbons (Fsp3) is 0.625. The van der Waals surface area contributed by atoms with Crippen molar-refractivity contribution in [3.63, 3.8) is 0 Å². The number of nitrogens with zero attached hydrogens (tertiary/aromatic N) is 1. The van der Waals surface area contributed by atoms with E-state index in [0.29, 0.717) is 12.5 Å². The quantitative estimate of drug-likeness (QED) is 0.672. The van der Waals surface area contributed by atoms with Gasteiger partial charge < -0.3 is 15.5 Å². The molecule has 1 aliphatic rings. The highest BCUT2D eigenvalue weighted by Gasteiger charge is 2.29. The second kappa shape index (κ2) is 3.25. The van der Waals surface area contributed by atoms with Crippen molar-refractivity contribution in [2.24, 2.45) is 11.7 Å². The molecule has 4 heteroatoms. The van der Waals surface area contributed by atoms with E-state index in [4.69, 9.17) is 10.5 Å². The summed E-state index contributed by atoms with van der Waals surface area (Å²) in [5.41, 5.74) is 5.61. The molecule has 2 unspecified atom stereocenters. The van der Waals surface area contributed by atoms with Gasteiger partial charge in [-0.2, -0.15) is 0 Å². The van der Waals surface area contributed by atoms with E-state index in [0.717, 1.165) is 18.9 Å². The highest BCUT2D eigenvalue weighted by atomic mass is 16.5. The van der Waals surface area contributed by atoms with Crippen molar-refractivity contribution in [2.75, 3.05) is 13.2 Å². The van der Waals surface area contributed by atoms with Crippen molar-refractivity contribution < 1.29 is 4.74 Å². The first-order valence-electron chi connectivity index (χ1n) is 4.22. The van der Waals surface area contributed by atoms with Gasteiger partial charge in [0.25, 0.3) is 0 Å². The second-order valence-corrected chi connectivity index (χ2v) is 3.05. The van der Waals surface area contributed by atoms with Gasteiger partial charge in [0.1, 0.15) is 11.9 Å². The molecule has 0 radical (unpaired) electrons. The van der Waals surface area contributed by atoms with Crippen LogP contribution in [0.2, 0.25) is 0 Å². The van der Waals surface area contributed by atoms with Gasteiger partial charge in [0, 0.05) is 24.9 Å². The molecule has 1 aromatic rings. The van der Waals surface area contributed by atoms with E-state index in [2.05, 4.69) is 9.97 Å². The van der Waals surface area contributed by atoms with Gasteiger partial charge in [0.15, 0.2) is 0 Å². The molecular formula is C8H13N3O. The second-order valence-electron chi connectivity index (χ2n) is 3.05. The number of nitrogens with one attached hydrogen (secondary N) is 1. The minimum absolute atomic E-state index is 0.0880. The highest BCUT2D eigenvalue weighted by molar-refractivity contribution is 4.97. The summed E-state index contributed by atoms with van der Waals surface area (Å²) in [6, 6.07) is 0. The van der Waals surface area contributed by atoms with Gasteiger partial charge in [-0.1, -0.05) is 0 Å². The number of nitrogens with two attached hydrogens (primary N) is 1. The molecule has 4 nitrogen and oxygen atoms in total. The summed E-state index contributed by atoms with van der Waals surface area (Å²) in [4.78, 5) is 7.21. The summed E-state index contributed by atoms with van der Waals surface area (Å²) < 4.78 is 5.53. The molecule has 2 rings (SSSR count). The summed E-state index contributed by atoms with van der Waals surface area (Å²) >= 11 is 0. The Morgan fingerprint density at radius 2 is 2.67 bits per heavy atom. The maximum Gasteiger partial charge on any atom is 0.135 e. The minimum Gasteiger partial charge on any atom is -0.370 e. The van der Waals surface area contributed by atoms with Gasteiger partial charge in [-0.25, -0.2) is 4.98 Å². The summed E-state index contributed by atoms with van der Waals surface area (Å²) in [6.45, 7) is 1.47. The fourth-order valence-corrected chi connectivity index (χ4v) is 1.61. The third kappa shape index (κ3) is 1.23. The van der Waals surface area contributed by atoms with Crippen LogP contribution in [-0.2, 0) is 4.74 Å². The van der Waals surface area contributed by atoms with Crippen LogP contribution in [0, 0.1) is 5.92 Å². The summed E-state index contributed by atoms with van der Waals surface area (Å²) in [5.74, 6) is 1.33. The number of hydrogen-bond donors (Lipinski definition) is 2. The van der Waals surface area contributed by atoms with Crippen LogP contribution in [0.5, 0.6) is 0 Å². The van der Waals surface area contributed by atoms with Crippen molar-refractivity contribution in [2.45, 2.75) is 12.5 Å². The SMILES string of the molecule is NCC1CCOC1c1ncc[nH]1. The van der Waals surface area contributed by atoms with Crippen molar-refractivity contribution in [1.29, 1.82) is 0 Å². The van der Waals surface area contributed by atoms with Gasteiger partial charge in [0.2, 0.25) is 0 Å². The lowest BCUT2D eigenvalue weighted by Crippen LogP contribution is -2.18. The van der Waals surface area contributed by atoms with Crippen LogP contribution in [0.3, 0.4) is 0 Å². The van der Waals surface area contributed by atoms with Gasteiger partial charge in [-0.15, -0.1) is 0 Å². The van der Waals surface area contributed by atoms with Gasteiger partial charge in [0.05, 0.1) is 0 Å². The molecule has 0 amide bonds. The molecule has 0 aromatic carbocycles. The van der Waals surface area contributed by atoms with Crippen molar-refractivity contribution in [1.82, 2.24) is 9.97 Å². The standard InChI is InChI=1S/C8H13N3O/c9-5-6-1-4-12-7(6)8-10-2-3-11-8/h2-3,6-7H,1,4-5,9H2,(H,10,11). The number of H-pyrrole nitrogens is 1. The first kappa shape index (κ1) is 7.76. The Balaban J connectivity index is 2.13. The lowest BCUT2D eigenvalue weighted by Gasteiger charge is -2.13. The number of ether oxygens (including phenoxy) is 1. The number of hydrogen-bond acceptors (Lipinski definition) is 3. The van der Waals surface area contributed by atoms with E-state index in [1.54, 1.807) is 6.20 Å². The monoisotopic (exact) mass is 167 g/mol. The summed E-state index contributed by atoms with van der Waals surface area (Å²) in [6.07, 6.45) is 4.68. The minimum atomic E-state index is 0.0880. The van der Waals surface area contributed by atoms with Crippen molar-refractivity contribution in [3.05, 3.63) is 18.2 Å². The number of aromatic nitrogens is 2. The molecule has 2 atom stereocenters. The van der Waals surface area contributed by atoms with E-state index in [1.165, 1.54) is 0 Å². The van der Waals surface area contributed by atoms with E-state index >= 15 is 0 Å². The van der Waals surface area contributed by atoms with E-state index in [9.17, 15) is 0 Å². The largest absolute Gasteiger partial charge is 0.370 e. The Morgan fingerprint density at radius 3 is 3.33 bits per heavy atom. The van der Waals surface area contributed by atoms with Gasteiger partial charge >= 0.3 is 0 Å². The molecule has 12 heavy (non-hydrogen) atoms. The molecule has 1 fully saturated rings. The zero-order valence-electron chi connectivity index (χ0n) is 6.86. The van der Waals surface area contributed by atoms with Crippen LogP contribution in [0.25, 0.3) is 0 Å². The van der Waals surface area contributed by atoms with Crippen molar-refractivity contribution >= 4 is 0 Å². The Hall–Kier alpha value is -0.870. The lowest BCUT2D eigenvalue weighted by atomic mass is 10.0. The predicted octanol–water partition coefficient (Wildman–Crippen LogP) is 0.446. The molecule has 66 valence electrons. The third-order valence-electron chi connectivity index (χ3n) is 2.31. The molecule has 0 aliphatic carbocycles. The molecule has 0 saturated carbocycles. The normalized spacial score (nSPS) is 29.4. The third-order valence-corrected chi connectivity index (χ3v) is 2.31. The van der Waals surface area contributed by atoms with Crippen LogP contribution < -0.4 is 5.73 Å². The topological polar surface area (TPSA) is 63.9 Å². The first-order valence-corrected chi connectivity index (χ1v) is 4.22. The average molecular weight is 167 g/mol. The van der Waals surface area contributed by atoms with Crippen LogP contribution in [0.4, 0.5) is 0 Å². The molecule has 0 bridgehead atoms. The average Bonchev–Trinajstić information content (AvgIpc) is 2.74. The zero-order chi connectivity index (χ0) is 8.39. The van der Waals surface area contributed by atoms with E-state index < -0.39 is 0 Å². The van der Waals surface area contributed by atoms with Crippen LogP contribution in [0.15, 0.2) is 12.4 Å². The maximum absolute atomic E-state index is 5.61. The molecule has 2 heterocycles. The Bertz CT molecular complexity index is 234. The summed E-state index contributed by atoms with van der Waals surface area (Å²) in [7, 11) is 0. The number of imidazole rings is 1. The van der Waals surface area contributed by atoms with Crippen LogP contribution in [-0.4, -0.2) is 23.1 Å². The fourth-order valence-electron chi connectivity index (χ4n) is 1.61. The highest BCUT2D eigenvalue weighted by Crippen LogP contribution is 2.31. The Labute approximate surface area is 71.1 Å². The number of rotatable bonds is 2. The van der Waals surface area contributed by atoms with Crippen molar-refractivity contribution in [3.8, 4) is 0 Å². The van der Waals surface area contributed by atoms with Crippen LogP contribution >= 0.6 is 0 Å². The Morgan fingerprint density at radius 1 is 1.75 bits per heavy atom. The smallest absolute Gasteiger partial charge is 0.135 e. The molecular weight excluding hydrogens is 154 g/mol. The van der Waals surface area contributed by atoms with Crippen LogP contribution in [0.1, 0.15) is 18.3 Å². The zero-order valence-corrected chi connectivity index (χ0v) is 6.86. The molecule has 1 aliphatic heterocycles. The number of aromatic amines is 1. The van der Waals surface area contributed by atoms with E-state index in [1.807, 2.05) is 6.20 Å². The van der Waals surface area contributed by atoms with Gasteiger partial charge in [-0.05, 0) is 13.0 Å². The van der Waals surface area contributed by atoms with Gasteiger partial charge in [-0.3, -0.25) is 0 Å². The van der Waals surface area contributed by atoms with E-state index in [-0.39, 0.29) is 6.10 Å². The first-order chi connectivity index (χ1) is 5.92. The predicted molar refractivity (Wildman–Crippen MR) is 44.4 cm³/mol. The molecule has 1 saturated heterocycles. The maximum atomic E-state index is 5.61. The lowest BCUT2D eigenvalue weighted by molar-refractivity contribution is 0.0860. The molecule has 0 spiro atoms. The molecule has 1 aromatic heterocycles. The summed E-state index contributed by atoms with van der Waals surface area (Å²) in [5, 5.41) is 0. The Kier molecular flexibility index (Phi) is 2.10.